The van der Waals surface area contributed by atoms with Gasteiger partial charge in [-0.2, -0.15) is 0 Å². The number of nitrogens with two attached hydrogens (primary N) is 1. The molecule has 2 nitrogen and oxygen atoms in total. The lowest BCUT2D eigenvalue weighted by molar-refractivity contribution is 0.198. The van der Waals surface area contributed by atoms with E-state index in [1.165, 1.54) is 16.0 Å². The van der Waals surface area contributed by atoms with E-state index in [2.05, 4.69) is 41.5 Å². The van der Waals surface area contributed by atoms with Gasteiger partial charge in [-0.25, -0.2) is 0 Å². The minimum atomic E-state index is 0.525. The van der Waals surface area contributed by atoms with E-state index in [4.69, 9.17) is 5.73 Å². The molecule has 1 atom stereocenters. The summed E-state index contributed by atoms with van der Waals surface area (Å²) in [5, 5.41) is 2.16. The van der Waals surface area contributed by atoms with Crippen LogP contribution in [-0.2, 0) is 13.1 Å². The number of anilines is 1. The van der Waals surface area contributed by atoms with Gasteiger partial charge in [0.25, 0.3) is 0 Å². The second kappa shape index (κ2) is 4.75. The predicted octanol–water partition coefficient (Wildman–Crippen LogP) is 3.80. The van der Waals surface area contributed by atoms with E-state index < -0.39 is 0 Å². The number of nitrogen functional groups attached to an aromatic ring is 1. The molecule has 0 amide bonds. The summed E-state index contributed by atoms with van der Waals surface area (Å²) in [6, 6.07) is 11.2. The molecule has 2 heterocycles. The highest BCUT2D eigenvalue weighted by Crippen LogP contribution is 2.36. The van der Waals surface area contributed by atoms with Gasteiger partial charge in [-0.05, 0) is 35.1 Å². The Hall–Kier alpha value is -1.32. The largest absolute Gasteiger partial charge is 0.398 e. The number of benzene rings is 1. The van der Waals surface area contributed by atoms with Gasteiger partial charge in [-0.1, -0.05) is 25.1 Å². The van der Waals surface area contributed by atoms with Crippen LogP contribution in [-0.4, -0.2) is 4.90 Å². The summed E-state index contributed by atoms with van der Waals surface area (Å²) in [5.41, 5.74) is 9.73. The van der Waals surface area contributed by atoms with E-state index in [-0.39, 0.29) is 0 Å². The van der Waals surface area contributed by atoms with Crippen LogP contribution in [0.15, 0.2) is 35.7 Å². The van der Waals surface area contributed by atoms with Crippen molar-refractivity contribution in [1.82, 2.24) is 4.90 Å². The Balaban J connectivity index is 1.87. The van der Waals surface area contributed by atoms with Crippen LogP contribution in [0, 0.1) is 0 Å². The van der Waals surface area contributed by atoms with E-state index in [0.29, 0.717) is 6.04 Å². The van der Waals surface area contributed by atoms with Crippen molar-refractivity contribution in [2.45, 2.75) is 32.5 Å². The first kappa shape index (κ1) is 11.8. The summed E-state index contributed by atoms with van der Waals surface area (Å²) in [7, 11) is 0. The van der Waals surface area contributed by atoms with Crippen molar-refractivity contribution in [3.05, 3.63) is 51.7 Å². The zero-order chi connectivity index (χ0) is 12.5. The Labute approximate surface area is 112 Å². The van der Waals surface area contributed by atoms with Crippen LogP contribution < -0.4 is 5.73 Å². The molecule has 1 unspecified atom stereocenters. The fourth-order valence-corrected chi connectivity index (χ4v) is 3.76. The number of nitrogens with zero attached hydrogens (tertiary/aromatic N) is 1. The zero-order valence-corrected chi connectivity index (χ0v) is 11.4. The Bertz CT molecular complexity index is 533. The van der Waals surface area contributed by atoms with Gasteiger partial charge in [-0.15, -0.1) is 11.3 Å². The Morgan fingerprint density at radius 1 is 1.28 bits per heavy atom. The van der Waals surface area contributed by atoms with Crippen LogP contribution in [0.1, 0.15) is 35.4 Å². The maximum Gasteiger partial charge on any atom is 0.0445 e. The topological polar surface area (TPSA) is 29.3 Å². The molecule has 2 N–H and O–H groups in total. The minimum absolute atomic E-state index is 0.525. The van der Waals surface area contributed by atoms with E-state index in [1.807, 2.05) is 17.4 Å². The van der Waals surface area contributed by atoms with E-state index in [9.17, 15) is 0 Å². The maximum atomic E-state index is 6.07. The van der Waals surface area contributed by atoms with Gasteiger partial charge in [0.2, 0.25) is 0 Å². The second-order valence-corrected chi connectivity index (χ2v) is 5.81. The average Bonchev–Trinajstić information content (AvgIpc) is 3.00. The molecular weight excluding hydrogens is 240 g/mol. The van der Waals surface area contributed by atoms with E-state index >= 15 is 0 Å². The average molecular weight is 258 g/mol. The highest BCUT2D eigenvalue weighted by Gasteiger charge is 2.27. The highest BCUT2D eigenvalue weighted by atomic mass is 32.1. The van der Waals surface area contributed by atoms with Crippen molar-refractivity contribution < 1.29 is 0 Å². The number of thiophene rings is 1. The molecule has 3 heteroatoms. The lowest BCUT2D eigenvalue weighted by atomic mass is 10.1. The maximum absolute atomic E-state index is 6.07. The molecule has 0 aliphatic carbocycles. The second-order valence-electron chi connectivity index (χ2n) is 4.83. The van der Waals surface area contributed by atoms with Crippen molar-refractivity contribution in [3.8, 4) is 0 Å². The number of hydrogen-bond acceptors (Lipinski definition) is 3. The first-order valence-corrected chi connectivity index (χ1v) is 7.31. The molecule has 0 spiro atoms. The first-order valence-electron chi connectivity index (χ1n) is 6.43. The predicted molar refractivity (Wildman–Crippen MR) is 77.5 cm³/mol. The quantitative estimate of drug-likeness (QED) is 0.849. The van der Waals surface area contributed by atoms with Gasteiger partial charge in [0.15, 0.2) is 0 Å². The van der Waals surface area contributed by atoms with Crippen LogP contribution in [0.3, 0.4) is 0 Å². The van der Waals surface area contributed by atoms with Gasteiger partial charge in [0.05, 0.1) is 0 Å². The number of hydrogen-bond donors (Lipinski definition) is 1. The smallest absolute Gasteiger partial charge is 0.0445 e. The van der Waals surface area contributed by atoms with Crippen molar-refractivity contribution in [3.63, 3.8) is 0 Å². The monoisotopic (exact) mass is 258 g/mol. The zero-order valence-electron chi connectivity index (χ0n) is 10.6. The SMILES string of the molecule is CCC(c1cccs1)N1Cc2cccc(N)c2C1. The van der Waals surface area contributed by atoms with E-state index in [0.717, 1.165) is 25.2 Å². The van der Waals surface area contributed by atoms with Crippen molar-refractivity contribution in [1.29, 1.82) is 0 Å². The molecule has 94 valence electrons. The Kier molecular flexibility index (Phi) is 3.10. The minimum Gasteiger partial charge on any atom is -0.398 e. The summed E-state index contributed by atoms with van der Waals surface area (Å²) in [6.45, 7) is 4.27. The molecule has 1 aliphatic heterocycles. The molecule has 1 aromatic carbocycles. The molecule has 2 aromatic rings. The molecule has 1 aromatic heterocycles. The molecular formula is C15H18N2S. The third kappa shape index (κ3) is 1.93. The normalized spacial score (nSPS) is 16.7. The van der Waals surface area contributed by atoms with Gasteiger partial charge < -0.3 is 5.73 Å². The lowest BCUT2D eigenvalue weighted by Gasteiger charge is -2.25. The third-order valence-electron chi connectivity index (χ3n) is 3.74. The Morgan fingerprint density at radius 2 is 2.17 bits per heavy atom. The summed E-state index contributed by atoms with van der Waals surface area (Å²) >= 11 is 1.85. The van der Waals surface area contributed by atoms with Gasteiger partial charge in [-0.3, -0.25) is 4.90 Å². The van der Waals surface area contributed by atoms with Gasteiger partial charge in [0, 0.05) is 29.7 Å². The fraction of sp³-hybridized carbons (Fsp3) is 0.333. The molecule has 1 aliphatic rings. The number of fused-ring (bicyclic) bond motifs is 1. The van der Waals surface area contributed by atoms with Crippen molar-refractivity contribution in [2.75, 3.05) is 5.73 Å². The first-order chi connectivity index (χ1) is 8.79. The third-order valence-corrected chi connectivity index (χ3v) is 4.72. The summed E-state index contributed by atoms with van der Waals surface area (Å²) < 4.78 is 0. The van der Waals surface area contributed by atoms with Crippen LogP contribution in [0.4, 0.5) is 5.69 Å². The fourth-order valence-electron chi connectivity index (χ4n) is 2.81. The van der Waals surface area contributed by atoms with Crippen molar-refractivity contribution in [2.24, 2.45) is 0 Å². The molecule has 0 saturated heterocycles. The highest BCUT2D eigenvalue weighted by molar-refractivity contribution is 7.10. The van der Waals surface area contributed by atoms with Gasteiger partial charge in [0.1, 0.15) is 0 Å². The molecule has 0 radical (unpaired) electrons. The standard InChI is InChI=1S/C15H18N2S/c1-2-14(15-7-4-8-18-15)17-9-11-5-3-6-13(16)12(11)10-17/h3-8,14H,2,9-10,16H2,1H3. The van der Waals surface area contributed by atoms with Crippen LogP contribution >= 0.6 is 11.3 Å². The summed E-state index contributed by atoms with van der Waals surface area (Å²) in [5.74, 6) is 0. The van der Waals surface area contributed by atoms with Gasteiger partial charge >= 0.3 is 0 Å². The van der Waals surface area contributed by atoms with Crippen LogP contribution in [0.25, 0.3) is 0 Å². The van der Waals surface area contributed by atoms with Crippen LogP contribution in [0.5, 0.6) is 0 Å². The number of rotatable bonds is 3. The molecule has 18 heavy (non-hydrogen) atoms. The summed E-state index contributed by atoms with van der Waals surface area (Å²) in [6.07, 6.45) is 1.15. The summed E-state index contributed by atoms with van der Waals surface area (Å²) in [4.78, 5) is 4.00. The Morgan fingerprint density at radius 3 is 2.83 bits per heavy atom. The van der Waals surface area contributed by atoms with E-state index in [1.54, 1.807) is 0 Å². The van der Waals surface area contributed by atoms with Crippen molar-refractivity contribution >= 4 is 17.0 Å². The molecule has 3 rings (SSSR count). The molecule has 0 bridgehead atoms. The molecule has 0 saturated carbocycles. The van der Waals surface area contributed by atoms with Crippen LogP contribution in [0.2, 0.25) is 0 Å². The lowest BCUT2D eigenvalue weighted by Crippen LogP contribution is -2.22. The molecule has 0 fully saturated rings.